The minimum atomic E-state index is -0.635. The molecule has 136 valence electrons. The van der Waals surface area contributed by atoms with E-state index in [0.29, 0.717) is 16.0 Å². The van der Waals surface area contributed by atoms with Gasteiger partial charge in [0.1, 0.15) is 5.82 Å². The number of hydrogen-bond donors (Lipinski definition) is 3. The molecule has 2 aromatic heterocycles. The monoisotopic (exact) mass is 463 g/mol. The molecule has 0 radical (unpaired) electrons. The fourth-order valence-electron chi connectivity index (χ4n) is 2.32. The summed E-state index contributed by atoms with van der Waals surface area (Å²) in [5, 5.41) is 5.95. The number of aromatic nitrogens is 2. The van der Waals surface area contributed by atoms with Crippen molar-refractivity contribution < 1.29 is 9.18 Å². The summed E-state index contributed by atoms with van der Waals surface area (Å²) in [6.45, 7) is 0. The molecule has 0 aliphatic heterocycles. The number of nitrogens with one attached hydrogen (secondary N) is 3. The van der Waals surface area contributed by atoms with Crippen LogP contribution in [-0.2, 0) is 0 Å². The van der Waals surface area contributed by atoms with E-state index < -0.39 is 11.7 Å². The van der Waals surface area contributed by atoms with Gasteiger partial charge >= 0.3 is 0 Å². The number of benzene rings is 2. The van der Waals surface area contributed by atoms with Crippen LogP contribution in [0.15, 0.2) is 52.4 Å². The predicted octanol–water partition coefficient (Wildman–Crippen LogP) is 5.15. The molecular formula is C17H11BrFN5OS2. The van der Waals surface area contributed by atoms with Gasteiger partial charge in [-0.05, 0) is 36.4 Å². The minimum absolute atomic E-state index is 0.0731. The van der Waals surface area contributed by atoms with Crippen LogP contribution in [0, 0.1) is 5.82 Å². The van der Waals surface area contributed by atoms with Crippen molar-refractivity contribution in [2.45, 2.75) is 0 Å². The third-order valence-corrected chi connectivity index (χ3v) is 5.65. The standard InChI is InChI=1S/C17H11BrFN5OS2/c18-9-1-4-13-14(7-9)27-17(22-13)24-23-15(25)11-3-2-10(8-12(11)19)21-16-20-5-6-26-16/h1-8H,(H,20,21)(H,22,24)(H,23,25). The van der Waals surface area contributed by atoms with Crippen molar-refractivity contribution in [1.29, 1.82) is 0 Å². The zero-order chi connectivity index (χ0) is 18.8. The number of carbonyl (C=O) groups is 1. The first-order valence-electron chi connectivity index (χ1n) is 7.67. The van der Waals surface area contributed by atoms with Crippen LogP contribution >= 0.6 is 38.6 Å². The normalized spacial score (nSPS) is 10.7. The zero-order valence-corrected chi connectivity index (χ0v) is 16.7. The second kappa shape index (κ2) is 7.59. The summed E-state index contributed by atoms with van der Waals surface area (Å²) >= 11 is 6.19. The maximum atomic E-state index is 14.3. The first kappa shape index (κ1) is 17.8. The Morgan fingerprint density at radius 3 is 2.81 bits per heavy atom. The van der Waals surface area contributed by atoms with Crippen LogP contribution in [0.1, 0.15) is 10.4 Å². The molecule has 0 bridgehead atoms. The second-order valence-corrected chi connectivity index (χ2v) is 8.21. The molecule has 4 rings (SSSR count). The number of halogens is 2. The molecule has 27 heavy (non-hydrogen) atoms. The average Bonchev–Trinajstić information content (AvgIpc) is 3.28. The third kappa shape index (κ3) is 4.07. The van der Waals surface area contributed by atoms with Gasteiger partial charge in [0.25, 0.3) is 5.91 Å². The van der Waals surface area contributed by atoms with E-state index in [0.717, 1.165) is 14.7 Å². The number of hydrazine groups is 1. The average molecular weight is 464 g/mol. The van der Waals surface area contributed by atoms with Crippen LogP contribution in [0.4, 0.5) is 20.3 Å². The first-order valence-corrected chi connectivity index (χ1v) is 10.2. The number of carbonyl (C=O) groups excluding carboxylic acids is 1. The lowest BCUT2D eigenvalue weighted by atomic mass is 10.2. The van der Waals surface area contributed by atoms with E-state index in [1.807, 2.05) is 23.6 Å². The largest absolute Gasteiger partial charge is 0.331 e. The molecule has 0 spiro atoms. The van der Waals surface area contributed by atoms with Crippen molar-refractivity contribution >= 4 is 70.7 Å². The smallest absolute Gasteiger partial charge is 0.272 e. The molecule has 2 heterocycles. The van der Waals surface area contributed by atoms with Crippen molar-refractivity contribution in [3.63, 3.8) is 0 Å². The lowest BCUT2D eigenvalue weighted by molar-refractivity contribution is 0.0958. The molecule has 0 aliphatic carbocycles. The fourth-order valence-corrected chi connectivity index (χ4v) is 4.24. The minimum Gasteiger partial charge on any atom is -0.331 e. The highest BCUT2D eigenvalue weighted by molar-refractivity contribution is 9.10. The van der Waals surface area contributed by atoms with Crippen LogP contribution < -0.4 is 16.2 Å². The van der Waals surface area contributed by atoms with E-state index in [2.05, 4.69) is 42.1 Å². The van der Waals surface area contributed by atoms with Gasteiger partial charge in [0, 0.05) is 21.7 Å². The molecule has 0 saturated carbocycles. The second-order valence-electron chi connectivity index (χ2n) is 5.37. The number of thiazole rings is 2. The number of rotatable bonds is 5. The summed E-state index contributed by atoms with van der Waals surface area (Å²) < 4.78 is 16.2. The van der Waals surface area contributed by atoms with Gasteiger partial charge in [-0.25, -0.2) is 14.4 Å². The lowest BCUT2D eigenvalue weighted by Gasteiger charge is -2.08. The summed E-state index contributed by atoms with van der Waals surface area (Å²) in [6, 6.07) is 9.99. The van der Waals surface area contributed by atoms with E-state index in [4.69, 9.17) is 0 Å². The van der Waals surface area contributed by atoms with E-state index in [1.54, 1.807) is 12.3 Å². The Morgan fingerprint density at radius 2 is 2.04 bits per heavy atom. The van der Waals surface area contributed by atoms with Crippen molar-refractivity contribution in [2.24, 2.45) is 0 Å². The van der Waals surface area contributed by atoms with Crippen LogP contribution in [0.25, 0.3) is 10.2 Å². The predicted molar refractivity (Wildman–Crippen MR) is 110 cm³/mol. The summed E-state index contributed by atoms with van der Waals surface area (Å²) in [4.78, 5) is 20.7. The number of nitrogens with zero attached hydrogens (tertiary/aromatic N) is 2. The van der Waals surface area contributed by atoms with Gasteiger partial charge < -0.3 is 5.32 Å². The Morgan fingerprint density at radius 1 is 1.15 bits per heavy atom. The molecule has 0 fully saturated rings. The van der Waals surface area contributed by atoms with E-state index in [1.165, 1.54) is 34.8 Å². The van der Waals surface area contributed by atoms with Crippen molar-refractivity contribution in [3.05, 3.63) is 63.8 Å². The number of amides is 1. The lowest BCUT2D eigenvalue weighted by Crippen LogP contribution is -2.30. The van der Waals surface area contributed by atoms with Crippen LogP contribution in [-0.4, -0.2) is 15.9 Å². The molecule has 3 N–H and O–H groups in total. The summed E-state index contributed by atoms with van der Waals surface area (Å²) in [7, 11) is 0. The number of hydrogen-bond acceptors (Lipinski definition) is 7. The maximum absolute atomic E-state index is 14.3. The maximum Gasteiger partial charge on any atom is 0.272 e. The highest BCUT2D eigenvalue weighted by atomic mass is 79.9. The molecule has 0 atom stereocenters. The molecule has 1 amide bonds. The Labute approximate surface area is 169 Å². The molecular weight excluding hydrogens is 453 g/mol. The Hall–Kier alpha value is -2.56. The molecule has 0 unspecified atom stereocenters. The van der Waals surface area contributed by atoms with Gasteiger partial charge in [-0.2, -0.15) is 0 Å². The molecule has 10 heteroatoms. The highest BCUT2D eigenvalue weighted by Gasteiger charge is 2.13. The fraction of sp³-hybridized carbons (Fsp3) is 0. The van der Waals surface area contributed by atoms with E-state index in [-0.39, 0.29) is 5.56 Å². The number of fused-ring (bicyclic) bond motifs is 1. The van der Waals surface area contributed by atoms with Gasteiger partial charge in [0.15, 0.2) is 5.13 Å². The quantitative estimate of drug-likeness (QED) is 0.356. The van der Waals surface area contributed by atoms with E-state index in [9.17, 15) is 9.18 Å². The Kier molecular flexibility index (Phi) is 5.01. The van der Waals surface area contributed by atoms with Gasteiger partial charge in [0.2, 0.25) is 5.13 Å². The Balaban J connectivity index is 1.44. The Bertz CT molecular complexity index is 1120. The molecule has 0 aliphatic rings. The van der Waals surface area contributed by atoms with Gasteiger partial charge in [0.05, 0.1) is 15.8 Å². The van der Waals surface area contributed by atoms with Crippen LogP contribution in [0.5, 0.6) is 0 Å². The van der Waals surface area contributed by atoms with Crippen LogP contribution in [0.3, 0.4) is 0 Å². The van der Waals surface area contributed by atoms with Crippen molar-refractivity contribution in [2.75, 3.05) is 10.7 Å². The van der Waals surface area contributed by atoms with Gasteiger partial charge in [-0.3, -0.25) is 15.6 Å². The molecule has 6 nitrogen and oxygen atoms in total. The highest BCUT2D eigenvalue weighted by Crippen LogP contribution is 2.28. The van der Waals surface area contributed by atoms with E-state index >= 15 is 0 Å². The van der Waals surface area contributed by atoms with Gasteiger partial charge in [-0.1, -0.05) is 27.3 Å². The first-order chi connectivity index (χ1) is 13.1. The summed E-state index contributed by atoms with van der Waals surface area (Å²) in [6.07, 6.45) is 1.65. The topological polar surface area (TPSA) is 78.9 Å². The molecule has 0 saturated heterocycles. The summed E-state index contributed by atoms with van der Waals surface area (Å²) in [5.41, 5.74) is 6.46. The number of anilines is 3. The molecule has 4 aromatic rings. The molecule has 2 aromatic carbocycles. The van der Waals surface area contributed by atoms with Gasteiger partial charge in [-0.15, -0.1) is 11.3 Å². The zero-order valence-electron chi connectivity index (χ0n) is 13.5. The SMILES string of the molecule is O=C(NNc1nc2ccc(Br)cc2s1)c1ccc(Nc2nccs2)cc1F. The van der Waals surface area contributed by atoms with Crippen molar-refractivity contribution in [3.8, 4) is 0 Å². The van der Waals surface area contributed by atoms with Crippen LogP contribution in [0.2, 0.25) is 0 Å². The van der Waals surface area contributed by atoms with Crippen molar-refractivity contribution in [1.82, 2.24) is 15.4 Å². The summed E-state index contributed by atoms with van der Waals surface area (Å²) in [5.74, 6) is -1.22. The third-order valence-electron chi connectivity index (χ3n) is 3.53.